The van der Waals surface area contributed by atoms with Crippen LogP contribution < -0.4 is 14.8 Å². The SMILES string of the molecule is CC[Si](CC)(CC)O[C@@H](CNCCOc1ccc2c3c([nH]c2c1)CCCC3)c1ccc(Cl)c(NS(C)(=O)=O)c1. The lowest BCUT2D eigenvalue weighted by Crippen LogP contribution is -2.40. The quantitative estimate of drug-likeness (QED) is 0.142. The van der Waals surface area contributed by atoms with E-state index in [0.29, 0.717) is 30.4 Å². The Kier molecular flexibility index (Phi) is 10.0. The van der Waals surface area contributed by atoms with Crippen LogP contribution in [0.2, 0.25) is 23.2 Å². The van der Waals surface area contributed by atoms with Crippen LogP contribution >= 0.6 is 11.6 Å². The van der Waals surface area contributed by atoms with E-state index in [-0.39, 0.29) is 6.10 Å². The molecule has 0 unspecified atom stereocenters. The number of hydrogen-bond donors (Lipinski definition) is 3. The summed E-state index contributed by atoms with van der Waals surface area (Å²) >= 11 is 6.30. The molecule has 0 saturated heterocycles. The molecule has 1 heterocycles. The maximum Gasteiger partial charge on any atom is 0.229 e. The minimum atomic E-state index is -3.46. The van der Waals surface area contributed by atoms with E-state index in [1.54, 1.807) is 12.1 Å². The number of sulfonamides is 1. The first-order valence-corrected chi connectivity index (χ1v) is 18.9. The van der Waals surface area contributed by atoms with Crippen molar-refractivity contribution in [3.05, 3.63) is 58.2 Å². The molecule has 0 spiro atoms. The van der Waals surface area contributed by atoms with E-state index in [0.717, 1.165) is 54.1 Å². The minimum Gasteiger partial charge on any atom is -0.492 e. The zero-order valence-electron chi connectivity index (χ0n) is 23.5. The van der Waals surface area contributed by atoms with Crippen molar-refractivity contribution in [3.63, 3.8) is 0 Å². The van der Waals surface area contributed by atoms with Crippen LogP contribution in [0.4, 0.5) is 5.69 Å². The number of anilines is 1. The Bertz CT molecular complexity index is 1370. The number of benzene rings is 2. The summed E-state index contributed by atoms with van der Waals surface area (Å²) in [5.41, 5.74) is 5.27. The molecule has 0 aliphatic heterocycles. The molecule has 0 amide bonds. The average Bonchev–Trinajstić information content (AvgIpc) is 3.29. The van der Waals surface area contributed by atoms with Gasteiger partial charge in [-0.05, 0) is 79.2 Å². The Morgan fingerprint density at radius 2 is 1.79 bits per heavy atom. The van der Waals surface area contributed by atoms with Gasteiger partial charge in [0.15, 0.2) is 8.32 Å². The van der Waals surface area contributed by atoms with E-state index < -0.39 is 18.3 Å². The standard InChI is InChI=1S/C29H42ClN3O4SSi/c1-5-39(6-2,7-3)37-29(21-12-15-25(30)28(18-21)33-38(4,34)35)20-31-16-17-36-22-13-14-24-23-10-8-9-11-26(23)32-27(24)19-22/h12-15,18-19,29,31-33H,5-11,16-17,20H2,1-4H3/t29-/m0/s1. The Balaban J connectivity index is 1.41. The highest BCUT2D eigenvalue weighted by Crippen LogP contribution is 2.33. The molecule has 39 heavy (non-hydrogen) atoms. The second-order valence-electron chi connectivity index (χ2n) is 10.5. The Hall–Kier alpha value is -2.04. The van der Waals surface area contributed by atoms with Crippen LogP contribution in [0.25, 0.3) is 10.9 Å². The van der Waals surface area contributed by atoms with Crippen molar-refractivity contribution in [2.75, 3.05) is 30.7 Å². The fourth-order valence-corrected chi connectivity index (χ4v) is 9.12. The zero-order chi connectivity index (χ0) is 28.0. The molecule has 0 bridgehead atoms. The Morgan fingerprint density at radius 1 is 1.05 bits per heavy atom. The fraction of sp³-hybridized carbons (Fsp3) is 0.517. The number of aryl methyl sites for hydroxylation is 2. The van der Waals surface area contributed by atoms with E-state index >= 15 is 0 Å². The zero-order valence-corrected chi connectivity index (χ0v) is 26.1. The monoisotopic (exact) mass is 591 g/mol. The number of H-pyrrole nitrogens is 1. The molecule has 4 rings (SSSR count). The van der Waals surface area contributed by atoms with Gasteiger partial charge in [0.1, 0.15) is 12.4 Å². The molecule has 2 aromatic carbocycles. The Morgan fingerprint density at radius 3 is 2.51 bits per heavy atom. The van der Waals surface area contributed by atoms with Gasteiger partial charge in [0, 0.05) is 35.8 Å². The van der Waals surface area contributed by atoms with Crippen molar-refractivity contribution in [2.45, 2.75) is 70.7 Å². The number of fused-ring (bicyclic) bond motifs is 3. The van der Waals surface area contributed by atoms with E-state index in [9.17, 15) is 8.42 Å². The van der Waals surface area contributed by atoms with Crippen LogP contribution in [0.15, 0.2) is 36.4 Å². The largest absolute Gasteiger partial charge is 0.492 e. The first-order chi connectivity index (χ1) is 18.7. The van der Waals surface area contributed by atoms with E-state index in [1.807, 2.05) is 6.07 Å². The molecule has 3 N–H and O–H groups in total. The van der Waals surface area contributed by atoms with Gasteiger partial charge in [0.2, 0.25) is 10.0 Å². The van der Waals surface area contributed by atoms with Gasteiger partial charge in [0.25, 0.3) is 0 Å². The van der Waals surface area contributed by atoms with Gasteiger partial charge in [0.05, 0.1) is 23.1 Å². The lowest BCUT2D eigenvalue weighted by atomic mass is 9.96. The first kappa shape index (κ1) is 29.9. The molecule has 3 aromatic rings. The van der Waals surface area contributed by atoms with E-state index in [2.05, 4.69) is 54.0 Å². The maximum atomic E-state index is 11.9. The second kappa shape index (κ2) is 13.1. The van der Waals surface area contributed by atoms with Crippen molar-refractivity contribution >= 4 is 46.5 Å². The molecular formula is C29H42ClN3O4SSi. The van der Waals surface area contributed by atoms with Crippen LogP contribution in [0, 0.1) is 0 Å². The topological polar surface area (TPSA) is 92.4 Å². The highest BCUT2D eigenvalue weighted by Gasteiger charge is 2.32. The molecular weight excluding hydrogens is 550 g/mol. The second-order valence-corrected chi connectivity index (χ2v) is 17.4. The number of aromatic amines is 1. The van der Waals surface area contributed by atoms with Crippen molar-refractivity contribution < 1.29 is 17.6 Å². The summed E-state index contributed by atoms with van der Waals surface area (Å²) in [5, 5.41) is 5.17. The van der Waals surface area contributed by atoms with Crippen LogP contribution in [-0.4, -0.2) is 47.7 Å². The molecule has 1 aliphatic carbocycles. The maximum absolute atomic E-state index is 11.9. The van der Waals surface area contributed by atoms with Gasteiger partial charge in [-0.25, -0.2) is 8.42 Å². The number of rotatable bonds is 14. The fourth-order valence-electron chi connectivity index (χ4n) is 5.51. The lowest BCUT2D eigenvalue weighted by Gasteiger charge is -2.34. The summed E-state index contributed by atoms with van der Waals surface area (Å²) in [6.45, 7) is 8.37. The number of halogens is 1. The van der Waals surface area contributed by atoms with Crippen molar-refractivity contribution in [3.8, 4) is 5.75 Å². The number of aromatic nitrogens is 1. The summed E-state index contributed by atoms with van der Waals surface area (Å²) in [6, 6.07) is 14.8. The van der Waals surface area contributed by atoms with Crippen molar-refractivity contribution in [2.24, 2.45) is 0 Å². The Labute approximate surface area is 239 Å². The molecule has 1 aromatic heterocycles. The number of hydrogen-bond acceptors (Lipinski definition) is 5. The van der Waals surface area contributed by atoms with Gasteiger partial charge >= 0.3 is 0 Å². The van der Waals surface area contributed by atoms with Gasteiger partial charge in [-0.2, -0.15) is 0 Å². The number of nitrogens with one attached hydrogen (secondary N) is 3. The third-order valence-electron chi connectivity index (χ3n) is 7.93. The third-order valence-corrected chi connectivity index (χ3v) is 13.5. The third kappa shape index (κ3) is 7.58. The highest BCUT2D eigenvalue weighted by molar-refractivity contribution is 7.92. The van der Waals surface area contributed by atoms with E-state index in [1.165, 1.54) is 29.5 Å². The average molecular weight is 592 g/mol. The van der Waals surface area contributed by atoms with Crippen LogP contribution in [0.5, 0.6) is 5.75 Å². The highest BCUT2D eigenvalue weighted by atomic mass is 35.5. The van der Waals surface area contributed by atoms with Gasteiger partial charge in [-0.3, -0.25) is 4.72 Å². The predicted molar refractivity (Wildman–Crippen MR) is 164 cm³/mol. The van der Waals surface area contributed by atoms with Crippen LogP contribution in [-0.2, 0) is 27.3 Å². The summed E-state index contributed by atoms with van der Waals surface area (Å²) in [6.07, 6.45) is 5.69. The summed E-state index contributed by atoms with van der Waals surface area (Å²) in [4.78, 5) is 3.59. The number of ether oxygens (including phenoxy) is 1. The first-order valence-electron chi connectivity index (χ1n) is 14.1. The van der Waals surface area contributed by atoms with E-state index in [4.69, 9.17) is 20.8 Å². The molecule has 214 valence electrons. The summed E-state index contributed by atoms with van der Waals surface area (Å²) in [5.74, 6) is 0.860. The molecule has 0 saturated carbocycles. The molecule has 0 radical (unpaired) electrons. The molecule has 1 atom stereocenters. The van der Waals surface area contributed by atoms with Crippen LogP contribution in [0.3, 0.4) is 0 Å². The summed E-state index contributed by atoms with van der Waals surface area (Å²) < 4.78 is 39.2. The van der Waals surface area contributed by atoms with Crippen molar-refractivity contribution in [1.29, 1.82) is 0 Å². The smallest absolute Gasteiger partial charge is 0.229 e. The van der Waals surface area contributed by atoms with Crippen molar-refractivity contribution in [1.82, 2.24) is 10.3 Å². The lowest BCUT2D eigenvalue weighted by molar-refractivity contribution is 0.183. The molecule has 10 heteroatoms. The van der Waals surface area contributed by atoms with Crippen LogP contribution in [0.1, 0.15) is 56.5 Å². The van der Waals surface area contributed by atoms with Gasteiger partial charge in [-0.1, -0.05) is 38.4 Å². The molecule has 1 aliphatic rings. The molecule has 0 fully saturated rings. The normalized spacial score (nSPS) is 14.8. The van der Waals surface area contributed by atoms with Gasteiger partial charge in [-0.15, -0.1) is 0 Å². The summed E-state index contributed by atoms with van der Waals surface area (Å²) in [7, 11) is -5.40. The molecule has 7 nitrogen and oxygen atoms in total. The predicted octanol–water partition coefficient (Wildman–Crippen LogP) is 6.80. The van der Waals surface area contributed by atoms with Gasteiger partial charge < -0.3 is 19.5 Å². The minimum absolute atomic E-state index is 0.226.